The third-order valence-corrected chi connectivity index (χ3v) is 4.81. The van der Waals surface area contributed by atoms with Crippen molar-refractivity contribution in [1.82, 2.24) is 20.0 Å². The van der Waals surface area contributed by atoms with Crippen LogP contribution in [0.15, 0.2) is 12.4 Å². The Morgan fingerprint density at radius 2 is 2.25 bits per heavy atom. The summed E-state index contributed by atoms with van der Waals surface area (Å²) in [4.78, 5) is 14.9. The van der Waals surface area contributed by atoms with Crippen LogP contribution in [0.5, 0.6) is 0 Å². The van der Waals surface area contributed by atoms with Crippen LogP contribution in [0.25, 0.3) is 0 Å². The molecule has 1 aromatic heterocycles. The Balaban J connectivity index is 0.00000208. The molecule has 0 saturated carbocycles. The summed E-state index contributed by atoms with van der Waals surface area (Å²) in [7, 11) is 1.92. The van der Waals surface area contributed by atoms with E-state index >= 15 is 0 Å². The third kappa shape index (κ3) is 4.29. The van der Waals surface area contributed by atoms with Crippen molar-refractivity contribution in [3.8, 4) is 0 Å². The highest BCUT2D eigenvalue weighted by Gasteiger charge is 2.39. The Kier molecular flexibility index (Phi) is 6.66. The average Bonchev–Trinajstić information content (AvgIpc) is 3.24. The van der Waals surface area contributed by atoms with Crippen LogP contribution in [0.2, 0.25) is 0 Å². The summed E-state index contributed by atoms with van der Waals surface area (Å²) in [5.41, 5.74) is 1.16. The first-order valence-corrected chi connectivity index (χ1v) is 8.64. The molecule has 2 fully saturated rings. The van der Waals surface area contributed by atoms with E-state index in [1.54, 1.807) is 4.68 Å². The lowest BCUT2D eigenvalue weighted by Gasteiger charge is -2.24. The molecular formula is C17H29ClN4O2. The fraction of sp³-hybridized carbons (Fsp3) is 0.765. The fourth-order valence-electron chi connectivity index (χ4n) is 3.55. The first kappa shape index (κ1) is 19.2. The number of rotatable bonds is 5. The number of hydrogen-bond donors (Lipinski definition) is 1. The number of carbonyl (C=O) groups is 1. The predicted octanol–water partition coefficient (Wildman–Crippen LogP) is 1.42. The Morgan fingerprint density at radius 1 is 1.46 bits per heavy atom. The molecule has 1 N–H and O–H groups in total. The van der Waals surface area contributed by atoms with Gasteiger partial charge in [-0.1, -0.05) is 13.8 Å². The van der Waals surface area contributed by atoms with Gasteiger partial charge in [-0.15, -0.1) is 12.4 Å². The maximum absolute atomic E-state index is 12.9. The van der Waals surface area contributed by atoms with Gasteiger partial charge in [-0.2, -0.15) is 5.10 Å². The minimum atomic E-state index is 0. The lowest BCUT2D eigenvalue weighted by atomic mass is 9.90. The second kappa shape index (κ2) is 8.32. The quantitative estimate of drug-likeness (QED) is 0.866. The van der Waals surface area contributed by atoms with Crippen LogP contribution in [-0.4, -0.2) is 59.5 Å². The number of nitrogens with one attached hydrogen (secondary N) is 1. The van der Waals surface area contributed by atoms with E-state index in [1.807, 2.05) is 24.3 Å². The van der Waals surface area contributed by atoms with E-state index in [0.29, 0.717) is 5.92 Å². The van der Waals surface area contributed by atoms with Crippen molar-refractivity contribution in [3.63, 3.8) is 0 Å². The molecule has 0 aromatic carbocycles. The largest absolute Gasteiger partial charge is 0.376 e. The number of aromatic nitrogens is 2. The summed E-state index contributed by atoms with van der Waals surface area (Å²) >= 11 is 0. The van der Waals surface area contributed by atoms with E-state index in [1.165, 1.54) is 0 Å². The molecule has 0 spiro atoms. The number of nitrogens with zero attached hydrogens (tertiary/aromatic N) is 3. The van der Waals surface area contributed by atoms with E-state index in [-0.39, 0.29) is 36.3 Å². The van der Waals surface area contributed by atoms with Crippen molar-refractivity contribution in [2.75, 3.05) is 32.8 Å². The topological polar surface area (TPSA) is 59.4 Å². The Morgan fingerprint density at radius 3 is 2.92 bits per heavy atom. The van der Waals surface area contributed by atoms with Crippen LogP contribution >= 0.6 is 12.4 Å². The minimum Gasteiger partial charge on any atom is -0.376 e. The highest BCUT2D eigenvalue weighted by atomic mass is 35.5. The van der Waals surface area contributed by atoms with Crippen molar-refractivity contribution < 1.29 is 9.53 Å². The molecule has 2 saturated heterocycles. The molecule has 1 aromatic rings. The third-order valence-electron chi connectivity index (χ3n) is 4.81. The normalized spacial score (nSPS) is 26.8. The van der Waals surface area contributed by atoms with Crippen LogP contribution in [0.4, 0.5) is 0 Å². The smallest absolute Gasteiger partial charge is 0.227 e. The van der Waals surface area contributed by atoms with Gasteiger partial charge in [-0.25, -0.2) is 0 Å². The molecule has 3 rings (SSSR count). The van der Waals surface area contributed by atoms with Gasteiger partial charge in [0.05, 0.1) is 18.2 Å². The van der Waals surface area contributed by atoms with Crippen LogP contribution in [-0.2, 0) is 16.6 Å². The number of halogens is 1. The molecule has 1 amide bonds. The first-order valence-electron chi connectivity index (χ1n) is 8.64. The van der Waals surface area contributed by atoms with Gasteiger partial charge in [-0.05, 0) is 17.9 Å². The van der Waals surface area contributed by atoms with Crippen molar-refractivity contribution in [1.29, 1.82) is 0 Å². The van der Waals surface area contributed by atoms with Crippen molar-refractivity contribution in [3.05, 3.63) is 18.0 Å². The predicted molar refractivity (Wildman–Crippen MR) is 95.3 cm³/mol. The lowest BCUT2D eigenvalue weighted by Crippen LogP contribution is -2.38. The van der Waals surface area contributed by atoms with E-state index in [2.05, 4.69) is 24.3 Å². The summed E-state index contributed by atoms with van der Waals surface area (Å²) in [5, 5.41) is 7.62. The van der Waals surface area contributed by atoms with Gasteiger partial charge in [0.1, 0.15) is 0 Å². The van der Waals surface area contributed by atoms with Gasteiger partial charge in [0, 0.05) is 51.9 Å². The molecule has 0 aliphatic carbocycles. The van der Waals surface area contributed by atoms with Crippen LogP contribution in [0.1, 0.15) is 31.7 Å². The molecule has 136 valence electrons. The zero-order chi connectivity index (χ0) is 16.4. The highest BCUT2D eigenvalue weighted by molar-refractivity contribution is 5.85. The summed E-state index contributed by atoms with van der Waals surface area (Å²) in [5.74, 6) is 1.04. The maximum atomic E-state index is 12.9. The lowest BCUT2D eigenvalue weighted by molar-refractivity contribution is -0.134. The second-order valence-electron chi connectivity index (χ2n) is 7.24. The van der Waals surface area contributed by atoms with Crippen LogP contribution < -0.4 is 5.32 Å². The Hall–Kier alpha value is -1.11. The van der Waals surface area contributed by atoms with E-state index < -0.39 is 0 Å². The molecule has 0 bridgehead atoms. The molecular weight excluding hydrogens is 328 g/mol. The van der Waals surface area contributed by atoms with E-state index in [9.17, 15) is 4.79 Å². The summed E-state index contributed by atoms with van der Waals surface area (Å²) < 4.78 is 7.71. The van der Waals surface area contributed by atoms with Crippen molar-refractivity contribution in [2.45, 2.75) is 32.3 Å². The molecule has 2 aliphatic rings. The van der Waals surface area contributed by atoms with Gasteiger partial charge in [0.15, 0.2) is 0 Å². The number of aryl methyl sites for hydroxylation is 1. The van der Waals surface area contributed by atoms with E-state index in [0.717, 1.165) is 44.8 Å². The first-order chi connectivity index (χ1) is 11.0. The fourth-order valence-corrected chi connectivity index (χ4v) is 3.55. The number of ether oxygens (including phenoxy) is 1. The second-order valence-corrected chi connectivity index (χ2v) is 7.24. The van der Waals surface area contributed by atoms with Gasteiger partial charge < -0.3 is 15.0 Å². The summed E-state index contributed by atoms with van der Waals surface area (Å²) in [6.07, 6.45) is 5.07. The summed E-state index contributed by atoms with van der Waals surface area (Å²) in [6, 6.07) is 0. The average molecular weight is 357 g/mol. The number of hydrogen-bond acceptors (Lipinski definition) is 4. The molecule has 3 atom stereocenters. The minimum absolute atomic E-state index is 0. The Bertz CT molecular complexity index is 548. The zero-order valence-electron chi connectivity index (χ0n) is 14.8. The molecule has 0 radical (unpaired) electrons. The SMILES string of the molecule is CC(C)COC1CCN(C(=O)[C@H]2CNC[C@@H]2c2cnn(C)c2)C1.Cl. The van der Waals surface area contributed by atoms with E-state index in [4.69, 9.17) is 4.74 Å². The monoisotopic (exact) mass is 356 g/mol. The van der Waals surface area contributed by atoms with Gasteiger partial charge in [0.2, 0.25) is 5.91 Å². The summed E-state index contributed by atoms with van der Waals surface area (Å²) in [6.45, 7) is 8.24. The van der Waals surface area contributed by atoms with Crippen LogP contribution in [0.3, 0.4) is 0 Å². The highest BCUT2D eigenvalue weighted by Crippen LogP contribution is 2.30. The van der Waals surface area contributed by atoms with Gasteiger partial charge >= 0.3 is 0 Å². The Labute approximate surface area is 150 Å². The number of carbonyl (C=O) groups excluding carboxylic acids is 1. The maximum Gasteiger partial charge on any atom is 0.227 e. The van der Waals surface area contributed by atoms with Crippen LogP contribution in [0, 0.1) is 11.8 Å². The molecule has 1 unspecified atom stereocenters. The number of amides is 1. The molecule has 2 aliphatic heterocycles. The molecule has 24 heavy (non-hydrogen) atoms. The zero-order valence-corrected chi connectivity index (χ0v) is 15.6. The molecule has 3 heterocycles. The van der Waals surface area contributed by atoms with Crippen molar-refractivity contribution in [2.24, 2.45) is 18.9 Å². The van der Waals surface area contributed by atoms with Gasteiger partial charge in [0.25, 0.3) is 0 Å². The molecule has 7 heteroatoms. The van der Waals surface area contributed by atoms with Gasteiger partial charge in [-0.3, -0.25) is 9.48 Å². The molecule has 6 nitrogen and oxygen atoms in total. The number of likely N-dealkylation sites (tertiary alicyclic amines) is 1. The standard InChI is InChI=1S/C17H28N4O2.ClH/c1-12(2)11-23-14-4-5-21(10-14)17(22)16-8-18-7-15(16)13-6-19-20(3)9-13;/h6,9,12,14-16,18H,4-5,7-8,10-11H2,1-3H3;1H/t14?,15-,16+;/m1./s1. The van der Waals surface area contributed by atoms with Crippen molar-refractivity contribution >= 4 is 18.3 Å².